The van der Waals surface area contributed by atoms with Gasteiger partial charge in [0.15, 0.2) is 5.82 Å². The van der Waals surface area contributed by atoms with Crippen molar-refractivity contribution in [1.82, 2.24) is 24.8 Å². The van der Waals surface area contributed by atoms with E-state index in [-0.39, 0.29) is 11.9 Å². The lowest BCUT2D eigenvalue weighted by Crippen LogP contribution is -2.36. The van der Waals surface area contributed by atoms with Gasteiger partial charge in [-0.2, -0.15) is 10.1 Å². The number of likely N-dealkylation sites (tertiary alicyclic amines) is 1. The minimum absolute atomic E-state index is 0.0600. The van der Waals surface area contributed by atoms with Crippen LogP contribution in [0.1, 0.15) is 66.4 Å². The molecule has 1 atom stereocenters. The predicted octanol–water partition coefficient (Wildman–Crippen LogP) is 2.36. The second kappa shape index (κ2) is 6.14. The van der Waals surface area contributed by atoms with Crippen molar-refractivity contribution in [3.63, 3.8) is 0 Å². The molecular weight excluding hydrogens is 294 g/mol. The van der Waals surface area contributed by atoms with E-state index >= 15 is 0 Å². The summed E-state index contributed by atoms with van der Waals surface area (Å²) >= 11 is 0. The third kappa shape index (κ3) is 2.64. The van der Waals surface area contributed by atoms with Crippen molar-refractivity contribution in [2.75, 3.05) is 6.54 Å². The van der Waals surface area contributed by atoms with Gasteiger partial charge in [0.25, 0.3) is 5.91 Å². The monoisotopic (exact) mass is 315 g/mol. The van der Waals surface area contributed by atoms with Gasteiger partial charge in [-0.15, -0.1) is 0 Å². The van der Waals surface area contributed by atoms with Gasteiger partial charge in [-0.1, -0.05) is 18.0 Å². The molecule has 2 aliphatic heterocycles. The first-order valence-corrected chi connectivity index (χ1v) is 8.46. The Morgan fingerprint density at radius 2 is 2.09 bits per heavy atom. The minimum atomic E-state index is -0.0945. The first-order chi connectivity index (χ1) is 11.3. The molecule has 23 heavy (non-hydrogen) atoms. The Hall–Kier alpha value is -2.18. The molecule has 0 aromatic carbocycles. The molecule has 0 saturated carbocycles. The lowest BCUT2D eigenvalue weighted by molar-refractivity contribution is 0.0668. The smallest absolute Gasteiger partial charge is 0.257 e. The van der Waals surface area contributed by atoms with E-state index in [1.165, 1.54) is 6.39 Å². The number of fused-ring (bicyclic) bond motifs is 1. The molecule has 2 aromatic rings. The van der Waals surface area contributed by atoms with Gasteiger partial charge in [0.1, 0.15) is 0 Å². The normalized spacial score (nSPS) is 21.7. The highest BCUT2D eigenvalue weighted by Crippen LogP contribution is 2.30. The van der Waals surface area contributed by atoms with Crippen molar-refractivity contribution in [2.45, 2.75) is 57.5 Å². The third-order valence-corrected chi connectivity index (χ3v) is 4.90. The molecule has 7 heteroatoms. The van der Waals surface area contributed by atoms with Crippen LogP contribution in [0.3, 0.4) is 0 Å². The molecule has 4 heterocycles. The zero-order chi connectivity index (χ0) is 15.6. The summed E-state index contributed by atoms with van der Waals surface area (Å²) in [7, 11) is 0. The molecule has 1 saturated heterocycles. The standard InChI is InChI=1S/C16H21N5O2/c22-16(12-10-18-21-9-5-3-6-13(12)21)20-8-4-1-2-7-14(20)15-17-11-23-19-15/h10-11,14H,1-9H2/t14-/m1/s1. The van der Waals surface area contributed by atoms with Gasteiger partial charge in [0.05, 0.1) is 23.5 Å². The molecule has 0 radical (unpaired) electrons. The van der Waals surface area contributed by atoms with Crippen molar-refractivity contribution in [3.05, 3.63) is 29.7 Å². The second-order valence-electron chi connectivity index (χ2n) is 6.34. The number of hydrogen-bond donors (Lipinski definition) is 0. The number of rotatable bonds is 2. The number of carbonyl (C=O) groups is 1. The average molecular weight is 315 g/mol. The van der Waals surface area contributed by atoms with E-state index in [0.29, 0.717) is 5.82 Å². The molecule has 0 aliphatic carbocycles. The predicted molar refractivity (Wildman–Crippen MR) is 81.7 cm³/mol. The first-order valence-electron chi connectivity index (χ1n) is 8.46. The van der Waals surface area contributed by atoms with Crippen LogP contribution in [-0.4, -0.2) is 37.3 Å². The van der Waals surface area contributed by atoms with Crippen LogP contribution in [0.5, 0.6) is 0 Å². The fraction of sp³-hybridized carbons (Fsp3) is 0.625. The molecule has 0 bridgehead atoms. The summed E-state index contributed by atoms with van der Waals surface area (Å²) in [6, 6.07) is -0.0945. The van der Waals surface area contributed by atoms with Gasteiger partial charge in [0.2, 0.25) is 6.39 Å². The average Bonchev–Trinajstić information content (AvgIpc) is 3.19. The molecule has 1 amide bonds. The molecule has 1 fully saturated rings. The largest absolute Gasteiger partial charge is 0.343 e. The van der Waals surface area contributed by atoms with Crippen LogP contribution in [-0.2, 0) is 13.0 Å². The van der Waals surface area contributed by atoms with E-state index in [4.69, 9.17) is 4.52 Å². The highest BCUT2D eigenvalue weighted by Gasteiger charge is 2.32. The summed E-state index contributed by atoms with van der Waals surface area (Å²) in [5.74, 6) is 0.672. The van der Waals surface area contributed by atoms with Gasteiger partial charge in [-0.05, 0) is 32.1 Å². The highest BCUT2D eigenvalue weighted by molar-refractivity contribution is 5.95. The second-order valence-corrected chi connectivity index (χ2v) is 6.34. The molecule has 4 rings (SSSR count). The molecule has 7 nitrogen and oxygen atoms in total. The van der Waals surface area contributed by atoms with E-state index < -0.39 is 0 Å². The van der Waals surface area contributed by atoms with E-state index in [0.717, 1.165) is 69.3 Å². The van der Waals surface area contributed by atoms with Crippen LogP contribution in [0.4, 0.5) is 0 Å². The molecule has 122 valence electrons. The fourth-order valence-electron chi connectivity index (χ4n) is 3.70. The summed E-state index contributed by atoms with van der Waals surface area (Å²) in [6.45, 7) is 1.65. The topological polar surface area (TPSA) is 77.0 Å². The summed E-state index contributed by atoms with van der Waals surface area (Å²) < 4.78 is 6.89. The summed E-state index contributed by atoms with van der Waals surface area (Å²) in [5, 5.41) is 8.39. The van der Waals surface area contributed by atoms with Crippen molar-refractivity contribution in [3.8, 4) is 0 Å². The molecular formula is C16H21N5O2. The molecule has 0 N–H and O–H groups in total. The van der Waals surface area contributed by atoms with E-state index in [2.05, 4.69) is 15.2 Å². The van der Waals surface area contributed by atoms with Gasteiger partial charge in [0, 0.05) is 13.1 Å². The van der Waals surface area contributed by atoms with E-state index in [9.17, 15) is 4.79 Å². The number of carbonyl (C=O) groups excluding carboxylic acids is 1. The van der Waals surface area contributed by atoms with E-state index in [1.54, 1.807) is 6.20 Å². The van der Waals surface area contributed by atoms with Gasteiger partial charge in [-0.25, -0.2) is 0 Å². The maximum atomic E-state index is 13.2. The Kier molecular flexibility index (Phi) is 3.85. The van der Waals surface area contributed by atoms with Crippen molar-refractivity contribution < 1.29 is 9.32 Å². The third-order valence-electron chi connectivity index (χ3n) is 4.90. The van der Waals surface area contributed by atoms with Crippen LogP contribution >= 0.6 is 0 Å². The summed E-state index contributed by atoms with van der Waals surface area (Å²) in [6.07, 6.45) is 10.4. The van der Waals surface area contributed by atoms with Crippen LogP contribution in [0.25, 0.3) is 0 Å². The van der Waals surface area contributed by atoms with Crippen molar-refractivity contribution in [1.29, 1.82) is 0 Å². The number of aromatic nitrogens is 4. The van der Waals surface area contributed by atoms with E-state index in [1.807, 2.05) is 9.58 Å². The van der Waals surface area contributed by atoms with Crippen LogP contribution < -0.4 is 0 Å². The molecule has 0 unspecified atom stereocenters. The Bertz CT molecular complexity index is 679. The highest BCUT2D eigenvalue weighted by atomic mass is 16.5. The number of nitrogens with zero attached hydrogens (tertiary/aromatic N) is 5. The maximum Gasteiger partial charge on any atom is 0.257 e. The Balaban J connectivity index is 1.66. The SMILES string of the molecule is O=C(c1cnn2c1CCCC2)N1CCCCC[C@@H]1c1ncon1. The summed E-state index contributed by atoms with van der Waals surface area (Å²) in [4.78, 5) is 19.3. The molecule has 2 aliphatic rings. The quantitative estimate of drug-likeness (QED) is 0.850. The lowest BCUT2D eigenvalue weighted by atomic mass is 10.0. The van der Waals surface area contributed by atoms with Gasteiger partial charge < -0.3 is 9.42 Å². The zero-order valence-corrected chi connectivity index (χ0v) is 13.1. The first kappa shape index (κ1) is 14.4. The zero-order valence-electron chi connectivity index (χ0n) is 13.1. The Morgan fingerprint density at radius 3 is 2.96 bits per heavy atom. The number of amides is 1. The molecule has 2 aromatic heterocycles. The summed E-state index contributed by atoms with van der Waals surface area (Å²) in [5.41, 5.74) is 1.83. The maximum absolute atomic E-state index is 13.2. The van der Waals surface area contributed by atoms with Crippen molar-refractivity contribution in [2.24, 2.45) is 0 Å². The van der Waals surface area contributed by atoms with Gasteiger partial charge in [-0.3, -0.25) is 9.48 Å². The van der Waals surface area contributed by atoms with Crippen LogP contribution in [0.15, 0.2) is 17.1 Å². The number of aryl methyl sites for hydroxylation is 1. The Morgan fingerprint density at radius 1 is 1.17 bits per heavy atom. The minimum Gasteiger partial charge on any atom is -0.343 e. The van der Waals surface area contributed by atoms with Crippen LogP contribution in [0.2, 0.25) is 0 Å². The number of hydrogen-bond acceptors (Lipinski definition) is 5. The Labute approximate surface area is 134 Å². The lowest BCUT2D eigenvalue weighted by Gasteiger charge is -2.28. The van der Waals surface area contributed by atoms with Gasteiger partial charge >= 0.3 is 0 Å². The van der Waals surface area contributed by atoms with Crippen molar-refractivity contribution >= 4 is 5.91 Å². The van der Waals surface area contributed by atoms with Crippen LogP contribution in [0, 0.1) is 0 Å². The molecule has 0 spiro atoms. The fourth-order valence-corrected chi connectivity index (χ4v) is 3.70.